The number of nitrogens with one attached hydrogen (secondary N) is 1. The lowest BCUT2D eigenvalue weighted by molar-refractivity contribution is -0.135. The molecule has 1 atom stereocenters. The Labute approximate surface area is 135 Å². The van der Waals surface area contributed by atoms with Crippen molar-refractivity contribution in [1.29, 1.82) is 0 Å². The smallest absolute Gasteiger partial charge is 0.243 e. The predicted molar refractivity (Wildman–Crippen MR) is 86.1 cm³/mol. The molecule has 1 N–H and O–H groups in total. The molecule has 3 rings (SSSR count). The maximum absolute atomic E-state index is 12.4. The minimum atomic E-state index is -0.389. The summed E-state index contributed by atoms with van der Waals surface area (Å²) in [5.41, 5.74) is 1.98. The van der Waals surface area contributed by atoms with Gasteiger partial charge in [0, 0.05) is 31.9 Å². The molecule has 1 aromatic carbocycles. The Morgan fingerprint density at radius 1 is 1.17 bits per heavy atom. The second-order valence-electron chi connectivity index (χ2n) is 5.64. The molecule has 0 radical (unpaired) electrons. The molecule has 0 aliphatic carbocycles. The average Bonchev–Trinajstić information content (AvgIpc) is 2.95. The van der Waals surface area contributed by atoms with Gasteiger partial charge in [0.15, 0.2) is 0 Å². The van der Waals surface area contributed by atoms with Crippen molar-refractivity contribution in [3.63, 3.8) is 0 Å². The van der Waals surface area contributed by atoms with E-state index in [2.05, 4.69) is 10.3 Å². The first-order valence-electron chi connectivity index (χ1n) is 7.74. The zero-order chi connectivity index (χ0) is 16.1. The van der Waals surface area contributed by atoms with Crippen LogP contribution in [-0.2, 0) is 22.7 Å². The molecule has 0 bridgehead atoms. The van der Waals surface area contributed by atoms with Crippen molar-refractivity contribution >= 4 is 11.8 Å². The van der Waals surface area contributed by atoms with Gasteiger partial charge in [-0.25, -0.2) is 0 Å². The third-order valence-electron chi connectivity index (χ3n) is 4.02. The van der Waals surface area contributed by atoms with Crippen molar-refractivity contribution in [2.24, 2.45) is 0 Å². The number of carbonyl (C=O) groups excluding carboxylic acids is 2. The lowest BCUT2D eigenvalue weighted by Gasteiger charge is -2.24. The summed E-state index contributed by atoms with van der Waals surface area (Å²) in [5, 5.41) is 2.90. The molecule has 5 heteroatoms. The maximum atomic E-state index is 12.4. The summed E-state index contributed by atoms with van der Waals surface area (Å²) < 4.78 is 0. The van der Waals surface area contributed by atoms with Gasteiger partial charge >= 0.3 is 0 Å². The Morgan fingerprint density at radius 3 is 2.70 bits per heavy atom. The molecule has 0 saturated carbocycles. The normalized spacial score (nSPS) is 17.3. The van der Waals surface area contributed by atoms with Crippen LogP contribution < -0.4 is 5.32 Å². The van der Waals surface area contributed by atoms with Gasteiger partial charge in [0.2, 0.25) is 11.8 Å². The van der Waals surface area contributed by atoms with E-state index >= 15 is 0 Å². The summed E-state index contributed by atoms with van der Waals surface area (Å²) in [4.78, 5) is 30.2. The van der Waals surface area contributed by atoms with Gasteiger partial charge in [-0.2, -0.15) is 0 Å². The number of carbonyl (C=O) groups is 2. The second-order valence-corrected chi connectivity index (χ2v) is 5.64. The standard InChI is InChI=1S/C18H19N3O2/c22-17-9-8-16(21(17)13-14-5-2-1-3-6-14)18(23)20-12-15-7-4-10-19-11-15/h1-7,10-11,16H,8-9,12-13H2,(H,20,23). The molecule has 1 fully saturated rings. The van der Waals surface area contributed by atoms with Crippen LogP contribution in [0, 0.1) is 0 Å². The summed E-state index contributed by atoms with van der Waals surface area (Å²) in [7, 11) is 0. The summed E-state index contributed by atoms with van der Waals surface area (Å²) in [6.07, 6.45) is 4.42. The summed E-state index contributed by atoms with van der Waals surface area (Å²) in [6.45, 7) is 0.904. The molecule has 2 heterocycles. The molecule has 1 aliphatic rings. The molecular weight excluding hydrogens is 290 g/mol. The summed E-state index contributed by atoms with van der Waals surface area (Å²) in [5.74, 6) is -0.0639. The van der Waals surface area contributed by atoms with E-state index in [4.69, 9.17) is 0 Å². The number of aromatic nitrogens is 1. The number of pyridine rings is 1. The molecule has 1 unspecified atom stereocenters. The Kier molecular flexibility index (Phi) is 4.66. The number of hydrogen-bond acceptors (Lipinski definition) is 3. The topological polar surface area (TPSA) is 62.3 Å². The third-order valence-corrected chi connectivity index (χ3v) is 4.02. The van der Waals surface area contributed by atoms with E-state index in [0.29, 0.717) is 25.9 Å². The van der Waals surface area contributed by atoms with Gasteiger partial charge in [0.25, 0.3) is 0 Å². The minimum Gasteiger partial charge on any atom is -0.350 e. The molecule has 1 aliphatic heterocycles. The highest BCUT2D eigenvalue weighted by Crippen LogP contribution is 2.21. The van der Waals surface area contributed by atoms with Gasteiger partial charge in [-0.05, 0) is 23.6 Å². The average molecular weight is 309 g/mol. The first-order chi connectivity index (χ1) is 11.2. The maximum Gasteiger partial charge on any atom is 0.243 e. The monoisotopic (exact) mass is 309 g/mol. The number of nitrogens with zero attached hydrogens (tertiary/aromatic N) is 2. The molecule has 1 aromatic heterocycles. The third kappa shape index (κ3) is 3.74. The lowest BCUT2D eigenvalue weighted by atomic mass is 10.1. The van der Waals surface area contributed by atoms with Crippen molar-refractivity contribution < 1.29 is 9.59 Å². The van der Waals surface area contributed by atoms with Crippen LogP contribution in [0.5, 0.6) is 0 Å². The van der Waals surface area contributed by atoms with Crippen LogP contribution in [0.25, 0.3) is 0 Å². The molecule has 0 spiro atoms. The van der Waals surface area contributed by atoms with Gasteiger partial charge in [0.1, 0.15) is 6.04 Å². The van der Waals surface area contributed by atoms with Crippen LogP contribution in [0.3, 0.4) is 0 Å². The summed E-state index contributed by atoms with van der Waals surface area (Å²) >= 11 is 0. The molecule has 23 heavy (non-hydrogen) atoms. The highest BCUT2D eigenvalue weighted by Gasteiger charge is 2.35. The van der Waals surface area contributed by atoms with Crippen LogP contribution in [0.2, 0.25) is 0 Å². The van der Waals surface area contributed by atoms with Gasteiger partial charge < -0.3 is 10.2 Å². The molecule has 1 saturated heterocycles. The number of likely N-dealkylation sites (tertiary alicyclic amines) is 1. The number of rotatable bonds is 5. The van der Waals surface area contributed by atoms with E-state index in [1.807, 2.05) is 42.5 Å². The van der Waals surface area contributed by atoms with E-state index in [-0.39, 0.29) is 17.9 Å². The Balaban J connectivity index is 1.63. The Bertz CT molecular complexity index is 673. The van der Waals surface area contributed by atoms with Gasteiger partial charge in [-0.15, -0.1) is 0 Å². The van der Waals surface area contributed by atoms with Crippen molar-refractivity contribution in [1.82, 2.24) is 15.2 Å². The molecule has 118 valence electrons. The number of benzene rings is 1. The zero-order valence-electron chi connectivity index (χ0n) is 12.8. The van der Waals surface area contributed by atoms with Crippen LogP contribution in [0.15, 0.2) is 54.9 Å². The SMILES string of the molecule is O=C(NCc1cccnc1)C1CCC(=O)N1Cc1ccccc1. The molecule has 2 aromatic rings. The van der Waals surface area contributed by atoms with Crippen molar-refractivity contribution in [2.45, 2.75) is 32.0 Å². The Hall–Kier alpha value is -2.69. The van der Waals surface area contributed by atoms with Crippen LogP contribution in [0.4, 0.5) is 0 Å². The zero-order valence-corrected chi connectivity index (χ0v) is 12.8. The predicted octanol–water partition coefficient (Wildman–Crippen LogP) is 1.89. The summed E-state index contributed by atoms with van der Waals surface area (Å²) in [6, 6.07) is 13.1. The van der Waals surface area contributed by atoms with Crippen molar-refractivity contribution in [3.8, 4) is 0 Å². The van der Waals surface area contributed by atoms with E-state index in [1.165, 1.54) is 0 Å². The Morgan fingerprint density at radius 2 is 1.96 bits per heavy atom. The van der Waals surface area contributed by atoms with Gasteiger partial charge in [-0.3, -0.25) is 14.6 Å². The minimum absolute atomic E-state index is 0.0374. The largest absolute Gasteiger partial charge is 0.350 e. The molecule has 2 amide bonds. The second kappa shape index (κ2) is 7.05. The first kappa shape index (κ1) is 15.2. The van der Waals surface area contributed by atoms with E-state index < -0.39 is 0 Å². The van der Waals surface area contributed by atoms with Crippen LogP contribution >= 0.6 is 0 Å². The van der Waals surface area contributed by atoms with Crippen molar-refractivity contribution in [3.05, 3.63) is 66.0 Å². The van der Waals surface area contributed by atoms with E-state index in [1.54, 1.807) is 17.3 Å². The fraction of sp³-hybridized carbons (Fsp3) is 0.278. The first-order valence-corrected chi connectivity index (χ1v) is 7.74. The van der Waals surface area contributed by atoms with Crippen LogP contribution in [0.1, 0.15) is 24.0 Å². The van der Waals surface area contributed by atoms with E-state index in [9.17, 15) is 9.59 Å². The highest BCUT2D eigenvalue weighted by molar-refractivity contribution is 5.90. The van der Waals surface area contributed by atoms with Gasteiger partial charge in [-0.1, -0.05) is 36.4 Å². The number of hydrogen-bond donors (Lipinski definition) is 1. The molecule has 5 nitrogen and oxygen atoms in total. The van der Waals surface area contributed by atoms with Crippen LogP contribution in [-0.4, -0.2) is 27.7 Å². The quantitative estimate of drug-likeness (QED) is 0.917. The fourth-order valence-corrected chi connectivity index (χ4v) is 2.79. The van der Waals surface area contributed by atoms with Crippen molar-refractivity contribution in [2.75, 3.05) is 0 Å². The lowest BCUT2D eigenvalue weighted by Crippen LogP contribution is -2.44. The van der Waals surface area contributed by atoms with Gasteiger partial charge in [0.05, 0.1) is 0 Å². The molecular formula is C18H19N3O2. The number of amides is 2. The fourth-order valence-electron chi connectivity index (χ4n) is 2.79. The highest BCUT2D eigenvalue weighted by atomic mass is 16.2. The van der Waals surface area contributed by atoms with E-state index in [0.717, 1.165) is 11.1 Å².